The van der Waals surface area contributed by atoms with E-state index in [2.05, 4.69) is 22.5 Å². The van der Waals surface area contributed by atoms with E-state index >= 15 is 0 Å². The number of hydrogen-bond donors (Lipinski definition) is 3. The van der Waals surface area contributed by atoms with Crippen LogP contribution in [0.15, 0.2) is 60.7 Å². The van der Waals surface area contributed by atoms with Gasteiger partial charge in [-0.2, -0.15) is 0 Å². The van der Waals surface area contributed by atoms with Crippen LogP contribution in [0.1, 0.15) is 31.8 Å². The molecule has 0 unspecified atom stereocenters. The van der Waals surface area contributed by atoms with Crippen molar-refractivity contribution in [2.45, 2.75) is 13.2 Å². The van der Waals surface area contributed by atoms with Gasteiger partial charge in [-0.1, -0.05) is 36.4 Å². The second kappa shape index (κ2) is 9.29. The Kier molecular flexibility index (Phi) is 6.56. The number of carbonyl (C=O) groups is 2. The average molecular weight is 393 g/mol. The number of rotatable bonds is 7. The van der Waals surface area contributed by atoms with Crippen LogP contribution < -0.4 is 11.0 Å². The van der Waals surface area contributed by atoms with Crippen LogP contribution in [-0.2, 0) is 18.0 Å². The van der Waals surface area contributed by atoms with E-state index in [1.807, 2.05) is 38.4 Å². The summed E-state index contributed by atoms with van der Waals surface area (Å²) in [7, 11) is 4.06. The second-order valence-corrected chi connectivity index (χ2v) is 6.91. The first-order valence-electron chi connectivity index (χ1n) is 9.10. The largest absolute Gasteiger partial charge is 0.305 e. The zero-order valence-corrected chi connectivity index (χ0v) is 16.3. The van der Waals surface area contributed by atoms with Crippen LogP contribution in [0, 0.1) is 0 Å². The zero-order valence-electron chi connectivity index (χ0n) is 16.3. The third-order valence-electron chi connectivity index (χ3n) is 4.49. The Balaban J connectivity index is 1.66. The minimum atomic E-state index is -0.641. The van der Waals surface area contributed by atoms with Crippen LogP contribution in [0.3, 0.4) is 0 Å². The molecule has 0 aliphatic rings. The van der Waals surface area contributed by atoms with Crippen molar-refractivity contribution in [1.82, 2.24) is 15.9 Å². The van der Waals surface area contributed by atoms with E-state index in [0.29, 0.717) is 5.56 Å². The first kappa shape index (κ1) is 20.5. The molecule has 0 aromatic heterocycles. The predicted octanol–water partition coefficient (Wildman–Crippen LogP) is 2.88. The monoisotopic (exact) mass is 393 g/mol. The molecular weight excluding hydrogens is 370 g/mol. The van der Waals surface area contributed by atoms with Crippen molar-refractivity contribution in [1.29, 1.82) is 0 Å². The third-order valence-corrected chi connectivity index (χ3v) is 4.49. The Morgan fingerprint density at radius 1 is 0.862 bits per heavy atom. The fraction of sp³-hybridized carbons (Fsp3) is 0.182. The van der Waals surface area contributed by atoms with Gasteiger partial charge in [-0.25, -0.2) is 11.0 Å². The van der Waals surface area contributed by atoms with Crippen LogP contribution in [0.25, 0.3) is 10.8 Å². The van der Waals surface area contributed by atoms with Gasteiger partial charge in [0.2, 0.25) is 0 Å². The highest BCUT2D eigenvalue weighted by Crippen LogP contribution is 2.24. The van der Waals surface area contributed by atoms with Crippen LogP contribution in [0.5, 0.6) is 0 Å². The van der Waals surface area contributed by atoms with Crippen LogP contribution in [0.4, 0.5) is 0 Å². The fourth-order valence-corrected chi connectivity index (χ4v) is 3.10. The first-order valence-corrected chi connectivity index (χ1v) is 9.10. The molecule has 3 aromatic rings. The quantitative estimate of drug-likeness (QED) is 0.424. The van der Waals surface area contributed by atoms with Gasteiger partial charge in [0.05, 0.1) is 0 Å². The van der Waals surface area contributed by atoms with E-state index in [0.717, 1.165) is 22.9 Å². The second-order valence-electron chi connectivity index (χ2n) is 6.91. The number of fused-ring (bicyclic) bond motifs is 1. The minimum Gasteiger partial charge on any atom is -0.305 e. The van der Waals surface area contributed by atoms with Crippen molar-refractivity contribution in [3.63, 3.8) is 0 Å². The van der Waals surface area contributed by atoms with Crippen molar-refractivity contribution >= 4 is 22.6 Å². The molecule has 7 heteroatoms. The lowest BCUT2D eigenvalue weighted by Crippen LogP contribution is -2.24. The molecule has 3 aromatic carbocycles. The lowest BCUT2D eigenvalue weighted by Gasteiger charge is -2.15. The van der Waals surface area contributed by atoms with Gasteiger partial charge in [0.1, 0.15) is 6.61 Å². The number of hydrogen-bond acceptors (Lipinski definition) is 5. The van der Waals surface area contributed by atoms with Crippen molar-refractivity contribution in [2.24, 2.45) is 0 Å². The molecule has 150 valence electrons. The SMILES string of the molecule is CN(C)Cc1ccc(CONC(=O)c2ccc(C(=O)NO)cc2)c2ccccc12. The molecule has 0 saturated heterocycles. The predicted molar refractivity (Wildman–Crippen MR) is 109 cm³/mol. The summed E-state index contributed by atoms with van der Waals surface area (Å²) in [5.41, 5.74) is 6.75. The van der Waals surface area contributed by atoms with Gasteiger partial charge in [0, 0.05) is 17.7 Å². The maximum Gasteiger partial charge on any atom is 0.274 e. The summed E-state index contributed by atoms with van der Waals surface area (Å²) in [4.78, 5) is 31.1. The van der Waals surface area contributed by atoms with Gasteiger partial charge in [-0.3, -0.25) is 19.6 Å². The fourth-order valence-electron chi connectivity index (χ4n) is 3.10. The highest BCUT2D eigenvalue weighted by atomic mass is 16.6. The van der Waals surface area contributed by atoms with Gasteiger partial charge in [0.25, 0.3) is 11.8 Å². The normalized spacial score (nSPS) is 10.9. The van der Waals surface area contributed by atoms with E-state index in [-0.39, 0.29) is 12.2 Å². The van der Waals surface area contributed by atoms with Crippen LogP contribution >= 0.6 is 0 Å². The smallest absolute Gasteiger partial charge is 0.274 e. The summed E-state index contributed by atoms with van der Waals surface area (Å²) in [6, 6.07) is 18.0. The molecule has 7 nitrogen and oxygen atoms in total. The summed E-state index contributed by atoms with van der Waals surface area (Å²) in [5, 5.41) is 10.9. The zero-order chi connectivity index (χ0) is 20.8. The van der Waals surface area contributed by atoms with Crippen molar-refractivity contribution in [2.75, 3.05) is 14.1 Å². The Bertz CT molecular complexity index is 1020. The molecule has 0 aliphatic carbocycles. The Morgan fingerprint density at radius 3 is 2.00 bits per heavy atom. The molecule has 0 fully saturated rings. The number of amides is 2. The number of carbonyl (C=O) groups excluding carboxylic acids is 2. The maximum absolute atomic E-state index is 12.2. The summed E-state index contributed by atoms with van der Waals surface area (Å²) >= 11 is 0. The maximum atomic E-state index is 12.2. The highest BCUT2D eigenvalue weighted by Gasteiger charge is 2.10. The van der Waals surface area contributed by atoms with Gasteiger partial charge in [0.15, 0.2) is 0 Å². The van der Waals surface area contributed by atoms with Crippen LogP contribution in [0.2, 0.25) is 0 Å². The molecule has 3 N–H and O–H groups in total. The van der Waals surface area contributed by atoms with Crippen molar-refractivity contribution in [3.8, 4) is 0 Å². The molecule has 0 bridgehead atoms. The van der Waals surface area contributed by atoms with Crippen LogP contribution in [-0.4, -0.2) is 36.0 Å². The molecule has 0 heterocycles. The lowest BCUT2D eigenvalue weighted by atomic mass is 9.99. The van der Waals surface area contributed by atoms with E-state index in [1.165, 1.54) is 29.8 Å². The molecule has 2 amide bonds. The van der Waals surface area contributed by atoms with Gasteiger partial charge >= 0.3 is 0 Å². The topological polar surface area (TPSA) is 90.9 Å². The number of hydroxylamine groups is 2. The Morgan fingerprint density at radius 2 is 1.41 bits per heavy atom. The van der Waals surface area contributed by atoms with Gasteiger partial charge in [-0.05, 0) is 60.3 Å². The number of nitrogens with zero attached hydrogens (tertiary/aromatic N) is 1. The van der Waals surface area contributed by atoms with E-state index < -0.39 is 11.8 Å². The number of nitrogens with one attached hydrogen (secondary N) is 2. The molecule has 0 atom stereocenters. The summed E-state index contributed by atoms with van der Waals surface area (Å²) in [6.45, 7) is 1.06. The Hall–Kier alpha value is -3.26. The standard InChI is InChI=1S/C22H23N3O4/c1-25(2)13-17-11-12-18(20-6-4-3-5-19(17)20)14-29-24-22(27)16-9-7-15(8-10-16)21(26)23-28/h3-12,28H,13-14H2,1-2H3,(H,23,26)(H,24,27). The average Bonchev–Trinajstić information content (AvgIpc) is 2.74. The van der Waals surface area contributed by atoms with Gasteiger partial charge < -0.3 is 4.90 Å². The van der Waals surface area contributed by atoms with Crippen molar-refractivity contribution in [3.05, 3.63) is 82.9 Å². The Labute approximate surface area is 168 Å². The summed E-state index contributed by atoms with van der Waals surface area (Å²) < 4.78 is 0. The van der Waals surface area contributed by atoms with Gasteiger partial charge in [-0.15, -0.1) is 0 Å². The molecule has 0 radical (unpaired) electrons. The molecule has 0 saturated carbocycles. The van der Waals surface area contributed by atoms with E-state index in [9.17, 15) is 9.59 Å². The van der Waals surface area contributed by atoms with E-state index in [4.69, 9.17) is 10.0 Å². The summed E-state index contributed by atoms with van der Waals surface area (Å²) in [6.07, 6.45) is 0. The highest BCUT2D eigenvalue weighted by molar-refractivity contribution is 5.97. The molecule has 29 heavy (non-hydrogen) atoms. The number of benzene rings is 3. The van der Waals surface area contributed by atoms with E-state index in [1.54, 1.807) is 5.48 Å². The first-order chi connectivity index (χ1) is 14.0. The molecule has 3 rings (SSSR count). The lowest BCUT2D eigenvalue weighted by molar-refractivity contribution is 0.0237. The summed E-state index contributed by atoms with van der Waals surface area (Å²) in [5.74, 6) is -1.06. The molecule has 0 aliphatic heterocycles. The molecular formula is C22H23N3O4. The third kappa shape index (κ3) is 4.97. The molecule has 0 spiro atoms. The minimum absolute atomic E-state index is 0.222. The van der Waals surface area contributed by atoms with Crippen molar-refractivity contribution < 1.29 is 19.6 Å².